The molecule has 0 rings (SSSR count). The number of thiol groups is 1. The van der Waals surface area contributed by atoms with Gasteiger partial charge >= 0.3 is 12.1 Å². The molecule has 0 fully saturated rings. The maximum atomic E-state index is 12.0. The minimum atomic E-state index is -4.82. The van der Waals surface area contributed by atoms with Crippen LogP contribution in [0.5, 0.6) is 0 Å². The van der Waals surface area contributed by atoms with Crippen molar-refractivity contribution in [3.8, 4) is 0 Å². The summed E-state index contributed by atoms with van der Waals surface area (Å²) in [6.45, 7) is 5.29. The van der Waals surface area contributed by atoms with Crippen LogP contribution < -0.4 is 5.32 Å². The standard InChI is InChI=1S/C9H16F3NOS/c1-5(2)7(6(3)4-15)13-8(14)9(10,11)12/h5-7,15H,4H2,1-3H3,(H,13,14)/t6?,7-/m0/s1. The van der Waals surface area contributed by atoms with Crippen molar-refractivity contribution in [3.63, 3.8) is 0 Å². The first-order valence-corrected chi connectivity index (χ1v) is 5.32. The Kier molecular flexibility index (Phi) is 5.48. The molecule has 0 heterocycles. The van der Waals surface area contributed by atoms with E-state index in [1.54, 1.807) is 20.8 Å². The highest BCUT2D eigenvalue weighted by atomic mass is 32.1. The van der Waals surface area contributed by atoms with Gasteiger partial charge < -0.3 is 5.32 Å². The van der Waals surface area contributed by atoms with Gasteiger partial charge in [-0.15, -0.1) is 0 Å². The third kappa shape index (κ3) is 4.77. The maximum absolute atomic E-state index is 12.0. The molecule has 2 nitrogen and oxygen atoms in total. The second-order valence-electron chi connectivity index (χ2n) is 3.90. The van der Waals surface area contributed by atoms with Crippen LogP contribution in [0.25, 0.3) is 0 Å². The van der Waals surface area contributed by atoms with E-state index in [0.717, 1.165) is 0 Å². The minimum absolute atomic E-state index is 0.0570. The lowest BCUT2D eigenvalue weighted by Crippen LogP contribution is -2.48. The normalized spacial score (nSPS) is 16.3. The summed E-state index contributed by atoms with van der Waals surface area (Å²) in [4.78, 5) is 10.7. The van der Waals surface area contributed by atoms with Gasteiger partial charge in [0.2, 0.25) is 0 Å². The average molecular weight is 243 g/mol. The quantitative estimate of drug-likeness (QED) is 0.729. The molecular formula is C9H16F3NOS. The first-order chi connectivity index (χ1) is 6.70. The van der Waals surface area contributed by atoms with E-state index in [1.807, 2.05) is 5.32 Å². The highest BCUT2D eigenvalue weighted by Gasteiger charge is 2.40. The van der Waals surface area contributed by atoms with Gasteiger partial charge in [-0.1, -0.05) is 20.8 Å². The van der Waals surface area contributed by atoms with Crippen LogP contribution in [0.15, 0.2) is 0 Å². The molecule has 0 saturated carbocycles. The van der Waals surface area contributed by atoms with Crippen LogP contribution in [0.4, 0.5) is 13.2 Å². The smallest absolute Gasteiger partial charge is 0.345 e. The Balaban J connectivity index is 4.50. The van der Waals surface area contributed by atoms with Crippen molar-refractivity contribution in [3.05, 3.63) is 0 Å². The molecule has 0 aliphatic rings. The predicted octanol–water partition coefficient (Wildman–Crippen LogP) is 2.26. The molecule has 0 radical (unpaired) electrons. The molecule has 2 atom stereocenters. The van der Waals surface area contributed by atoms with Gasteiger partial charge in [0.15, 0.2) is 0 Å². The molecule has 0 spiro atoms. The molecule has 1 N–H and O–H groups in total. The Morgan fingerprint density at radius 3 is 2.07 bits per heavy atom. The molecule has 0 aliphatic heterocycles. The summed E-state index contributed by atoms with van der Waals surface area (Å²) in [5.74, 6) is -1.60. The molecular weight excluding hydrogens is 227 g/mol. The van der Waals surface area contributed by atoms with E-state index in [9.17, 15) is 18.0 Å². The molecule has 0 aromatic heterocycles. The van der Waals surface area contributed by atoms with Crippen LogP contribution in [0, 0.1) is 11.8 Å². The summed E-state index contributed by atoms with van der Waals surface area (Å²) in [5.41, 5.74) is 0. The van der Waals surface area contributed by atoms with Crippen molar-refractivity contribution >= 4 is 18.5 Å². The van der Waals surface area contributed by atoms with E-state index in [1.165, 1.54) is 0 Å². The Bertz CT molecular complexity index is 218. The summed E-state index contributed by atoms with van der Waals surface area (Å²) in [7, 11) is 0. The molecule has 0 aromatic carbocycles. The van der Waals surface area contributed by atoms with Crippen molar-refractivity contribution in [1.29, 1.82) is 0 Å². The molecule has 0 aliphatic carbocycles. The first-order valence-electron chi connectivity index (χ1n) is 4.68. The molecule has 6 heteroatoms. The topological polar surface area (TPSA) is 29.1 Å². The van der Waals surface area contributed by atoms with E-state index in [-0.39, 0.29) is 11.8 Å². The highest BCUT2D eigenvalue weighted by Crippen LogP contribution is 2.19. The molecule has 1 amide bonds. The van der Waals surface area contributed by atoms with Crippen LogP contribution in [0.3, 0.4) is 0 Å². The van der Waals surface area contributed by atoms with Gasteiger partial charge in [0.1, 0.15) is 0 Å². The molecule has 15 heavy (non-hydrogen) atoms. The number of amides is 1. The largest absolute Gasteiger partial charge is 0.471 e. The molecule has 0 saturated heterocycles. The molecule has 0 bridgehead atoms. The van der Waals surface area contributed by atoms with E-state index in [0.29, 0.717) is 5.75 Å². The molecule has 90 valence electrons. The van der Waals surface area contributed by atoms with Gasteiger partial charge in [0.05, 0.1) is 0 Å². The van der Waals surface area contributed by atoms with Crippen molar-refractivity contribution in [2.45, 2.75) is 33.0 Å². The molecule has 0 aromatic rings. The summed E-state index contributed by atoms with van der Waals surface area (Å²) in [6.07, 6.45) is -4.82. The van der Waals surface area contributed by atoms with Crippen LogP contribution in [0.1, 0.15) is 20.8 Å². The maximum Gasteiger partial charge on any atom is 0.471 e. The van der Waals surface area contributed by atoms with Crippen molar-refractivity contribution in [1.82, 2.24) is 5.32 Å². The van der Waals surface area contributed by atoms with Gasteiger partial charge in [-0.05, 0) is 17.6 Å². The van der Waals surface area contributed by atoms with Crippen molar-refractivity contribution in [2.24, 2.45) is 11.8 Å². The van der Waals surface area contributed by atoms with E-state index < -0.39 is 18.1 Å². The number of halogens is 3. The Morgan fingerprint density at radius 2 is 1.80 bits per heavy atom. The zero-order valence-electron chi connectivity index (χ0n) is 8.93. The predicted molar refractivity (Wildman–Crippen MR) is 55.8 cm³/mol. The number of nitrogens with one attached hydrogen (secondary N) is 1. The Hall–Kier alpha value is -0.390. The van der Waals surface area contributed by atoms with E-state index in [4.69, 9.17) is 0 Å². The number of carbonyl (C=O) groups excluding carboxylic acids is 1. The van der Waals surface area contributed by atoms with Crippen LogP contribution in [-0.2, 0) is 4.79 Å². The summed E-state index contributed by atoms with van der Waals surface area (Å²) < 4.78 is 36.0. The van der Waals surface area contributed by atoms with Gasteiger partial charge in [-0.25, -0.2) is 0 Å². The highest BCUT2D eigenvalue weighted by molar-refractivity contribution is 7.80. The summed E-state index contributed by atoms with van der Waals surface area (Å²) in [6, 6.07) is -0.503. The zero-order chi connectivity index (χ0) is 12.2. The second kappa shape index (κ2) is 5.63. The number of alkyl halides is 3. The summed E-state index contributed by atoms with van der Waals surface area (Å²) >= 11 is 4.01. The van der Waals surface area contributed by atoms with Crippen LogP contribution >= 0.6 is 12.6 Å². The van der Waals surface area contributed by atoms with Crippen molar-refractivity contribution < 1.29 is 18.0 Å². The Labute approximate surface area is 93.0 Å². The number of hydrogen-bond donors (Lipinski definition) is 2. The fourth-order valence-corrected chi connectivity index (χ4v) is 1.54. The zero-order valence-corrected chi connectivity index (χ0v) is 9.82. The fraction of sp³-hybridized carbons (Fsp3) is 0.889. The minimum Gasteiger partial charge on any atom is -0.345 e. The van der Waals surface area contributed by atoms with E-state index >= 15 is 0 Å². The Morgan fingerprint density at radius 1 is 1.33 bits per heavy atom. The monoisotopic (exact) mass is 243 g/mol. The third-order valence-corrected chi connectivity index (χ3v) is 2.75. The van der Waals surface area contributed by atoms with Gasteiger partial charge in [-0.3, -0.25) is 4.79 Å². The molecule has 1 unspecified atom stereocenters. The van der Waals surface area contributed by atoms with Gasteiger partial charge in [0, 0.05) is 6.04 Å². The van der Waals surface area contributed by atoms with Gasteiger partial charge in [0.25, 0.3) is 0 Å². The number of carbonyl (C=O) groups is 1. The number of hydrogen-bond acceptors (Lipinski definition) is 2. The first kappa shape index (κ1) is 14.6. The van der Waals surface area contributed by atoms with Crippen LogP contribution in [0.2, 0.25) is 0 Å². The lowest BCUT2D eigenvalue weighted by atomic mass is 9.93. The van der Waals surface area contributed by atoms with Gasteiger partial charge in [-0.2, -0.15) is 25.8 Å². The lowest BCUT2D eigenvalue weighted by molar-refractivity contribution is -0.175. The second-order valence-corrected chi connectivity index (χ2v) is 4.27. The van der Waals surface area contributed by atoms with Crippen LogP contribution in [-0.4, -0.2) is 23.9 Å². The third-order valence-electron chi connectivity index (χ3n) is 2.17. The average Bonchev–Trinajstić information content (AvgIpc) is 2.10. The fourth-order valence-electron chi connectivity index (χ4n) is 1.31. The number of rotatable bonds is 4. The summed E-state index contributed by atoms with van der Waals surface area (Å²) in [5, 5.41) is 1.99. The van der Waals surface area contributed by atoms with Crippen molar-refractivity contribution in [2.75, 3.05) is 5.75 Å². The van der Waals surface area contributed by atoms with E-state index in [2.05, 4.69) is 12.6 Å². The lowest BCUT2D eigenvalue weighted by Gasteiger charge is -2.27. The SMILES string of the molecule is CC(C)[C@H](NC(=O)C(F)(F)F)C(C)CS.